The molecule has 0 radical (unpaired) electrons. The van der Waals surface area contributed by atoms with Gasteiger partial charge in [-0.3, -0.25) is 9.59 Å². The van der Waals surface area contributed by atoms with Gasteiger partial charge < -0.3 is 10.8 Å². The number of carboxylic acids is 1. The lowest BCUT2D eigenvalue weighted by Gasteiger charge is -2.19. The molecule has 0 bridgehead atoms. The first-order valence-electron chi connectivity index (χ1n) is 5.41. The Morgan fingerprint density at radius 1 is 1.50 bits per heavy atom. The van der Waals surface area contributed by atoms with Crippen molar-refractivity contribution in [1.29, 1.82) is 0 Å². The second kappa shape index (κ2) is 4.35. The standard InChI is InChI=1S/C12H15NO3/c1-12(2,11(15)16)7-8-4-3-5-9(6-8)10(13)14/h3-6H,7H2,1-2H3,(H2,13,14)(H,15,16)/i/hD. The molecule has 3 N–H and O–H groups in total. The number of benzene rings is 1. The van der Waals surface area contributed by atoms with Crippen molar-refractivity contribution in [2.45, 2.75) is 20.3 Å². The molecule has 0 heterocycles. The van der Waals surface area contributed by atoms with Crippen LogP contribution in [0.5, 0.6) is 0 Å². The maximum atomic E-state index is 11.3. The number of rotatable bonds is 4. The molecular weight excluding hydrogens is 206 g/mol. The van der Waals surface area contributed by atoms with Gasteiger partial charge in [-0.1, -0.05) is 12.1 Å². The predicted molar refractivity (Wildman–Crippen MR) is 60.1 cm³/mol. The van der Waals surface area contributed by atoms with Crippen molar-refractivity contribution < 1.29 is 16.1 Å². The summed E-state index contributed by atoms with van der Waals surface area (Å²) >= 11 is 0. The maximum Gasteiger partial charge on any atom is 0.309 e. The molecule has 0 atom stereocenters. The topological polar surface area (TPSA) is 80.4 Å². The molecule has 0 aliphatic carbocycles. The summed E-state index contributed by atoms with van der Waals surface area (Å²) < 4.78 is 6.77. The van der Waals surface area contributed by atoms with Gasteiger partial charge in [-0.25, -0.2) is 0 Å². The Labute approximate surface area is 95.5 Å². The van der Waals surface area contributed by atoms with Gasteiger partial charge in [0.2, 0.25) is 5.91 Å². The third-order valence-corrected chi connectivity index (χ3v) is 2.41. The molecule has 0 aliphatic heterocycles. The number of primary amides is 1. The molecule has 0 unspecified atom stereocenters. The Balaban J connectivity index is 2.93. The minimum Gasteiger partial charge on any atom is -0.481 e. The second-order valence-electron chi connectivity index (χ2n) is 4.40. The van der Waals surface area contributed by atoms with Crippen molar-refractivity contribution in [3.05, 3.63) is 35.4 Å². The highest BCUT2D eigenvalue weighted by atomic mass is 16.4. The van der Waals surface area contributed by atoms with Gasteiger partial charge in [0.15, 0.2) is 1.41 Å². The van der Waals surface area contributed by atoms with Crippen LogP contribution in [0.3, 0.4) is 0 Å². The van der Waals surface area contributed by atoms with E-state index < -0.39 is 17.3 Å². The van der Waals surface area contributed by atoms with Crippen molar-refractivity contribution in [2.24, 2.45) is 11.1 Å². The number of amides is 1. The number of nitrogens with two attached hydrogens (primary N) is 1. The van der Waals surface area contributed by atoms with E-state index in [-0.39, 0.29) is 0 Å². The first-order valence-corrected chi connectivity index (χ1v) is 4.91. The van der Waals surface area contributed by atoms with Gasteiger partial charge in [0, 0.05) is 5.56 Å². The van der Waals surface area contributed by atoms with E-state index in [1.165, 1.54) is 0 Å². The molecule has 16 heavy (non-hydrogen) atoms. The summed E-state index contributed by atoms with van der Waals surface area (Å²) in [5.41, 5.74) is 2.03. The minimum atomic E-state index is -0.882. The first kappa shape index (κ1) is 10.7. The Kier molecular flexibility index (Phi) is 2.90. The summed E-state index contributed by atoms with van der Waals surface area (Å²) in [5.74, 6) is -1.38. The van der Waals surface area contributed by atoms with Crippen LogP contribution >= 0.6 is 0 Å². The van der Waals surface area contributed by atoms with Crippen LogP contribution < -0.4 is 5.73 Å². The largest absolute Gasteiger partial charge is 0.481 e. The van der Waals surface area contributed by atoms with Gasteiger partial charge in [-0.2, -0.15) is 0 Å². The third kappa shape index (κ3) is 2.82. The quantitative estimate of drug-likeness (QED) is 0.808. The molecule has 0 spiro atoms. The fourth-order valence-electron chi connectivity index (χ4n) is 1.41. The van der Waals surface area contributed by atoms with Gasteiger partial charge in [-0.15, -0.1) is 0 Å². The molecule has 1 aromatic carbocycles. The fraction of sp³-hybridized carbons (Fsp3) is 0.333. The van der Waals surface area contributed by atoms with Crippen LogP contribution in [0.1, 0.15) is 29.8 Å². The number of carboxylic acid groups (broad SMARTS) is 1. The summed E-state index contributed by atoms with van der Waals surface area (Å²) in [6.07, 6.45) is 0.335. The molecule has 1 rings (SSSR count). The van der Waals surface area contributed by atoms with Gasteiger partial charge in [0.05, 0.1) is 5.41 Å². The summed E-state index contributed by atoms with van der Waals surface area (Å²) in [4.78, 5) is 22.2. The minimum absolute atomic E-state index is 0.335. The Morgan fingerprint density at radius 2 is 2.19 bits per heavy atom. The average Bonchev–Trinajstić information content (AvgIpc) is 2.27. The molecule has 0 saturated carbocycles. The van der Waals surface area contributed by atoms with E-state index in [1.54, 1.807) is 43.8 Å². The van der Waals surface area contributed by atoms with E-state index in [4.69, 9.17) is 6.52 Å². The van der Waals surface area contributed by atoms with Crippen LogP contribution in [-0.4, -0.2) is 17.0 Å². The molecular formula is C12H15NO3. The lowest BCUT2D eigenvalue weighted by Crippen LogP contribution is -2.26. The number of aliphatic carboxylic acids is 1. The summed E-state index contributed by atoms with van der Waals surface area (Å²) in [6, 6.07) is 6.64. The number of carbonyl (C=O) groups is 2. The van der Waals surface area contributed by atoms with E-state index in [0.717, 1.165) is 5.56 Å². The van der Waals surface area contributed by atoms with Crippen LogP contribution in [0.15, 0.2) is 24.3 Å². The van der Waals surface area contributed by atoms with Gasteiger partial charge in [-0.05, 0) is 38.0 Å². The van der Waals surface area contributed by atoms with Gasteiger partial charge in [0.1, 0.15) is 0 Å². The average molecular weight is 222 g/mol. The number of hydrogen-bond acceptors (Lipinski definition) is 2. The number of carbonyl (C=O) groups excluding carboxylic acids is 1. The summed E-state index contributed by atoms with van der Waals surface area (Å²) in [7, 11) is 0. The SMILES string of the molecule is [2H]NC(=O)c1cccc(CC(C)(C)C(=O)O)c1. The summed E-state index contributed by atoms with van der Waals surface area (Å²) in [6.45, 7) is 3.26. The van der Waals surface area contributed by atoms with Crippen molar-refractivity contribution in [3.8, 4) is 0 Å². The highest BCUT2D eigenvalue weighted by molar-refractivity contribution is 5.92. The molecule has 1 aromatic rings. The van der Waals surface area contributed by atoms with Crippen LogP contribution in [0, 0.1) is 5.41 Å². The zero-order valence-corrected chi connectivity index (χ0v) is 9.28. The Morgan fingerprint density at radius 3 is 2.75 bits per heavy atom. The van der Waals surface area contributed by atoms with Gasteiger partial charge >= 0.3 is 5.97 Å². The molecule has 86 valence electrons. The van der Waals surface area contributed by atoms with E-state index in [2.05, 4.69) is 0 Å². The zero-order valence-electron chi connectivity index (χ0n) is 10.3. The van der Waals surface area contributed by atoms with E-state index in [9.17, 15) is 9.59 Å². The molecule has 1 amide bonds. The molecule has 0 fully saturated rings. The Hall–Kier alpha value is -1.84. The molecule has 4 nitrogen and oxygen atoms in total. The van der Waals surface area contributed by atoms with E-state index in [1.807, 2.05) is 0 Å². The molecule has 0 aromatic heterocycles. The van der Waals surface area contributed by atoms with Crippen molar-refractivity contribution in [2.75, 3.05) is 0 Å². The highest BCUT2D eigenvalue weighted by Crippen LogP contribution is 2.22. The molecule has 4 heteroatoms. The van der Waals surface area contributed by atoms with Crippen LogP contribution in [0.4, 0.5) is 0 Å². The van der Waals surface area contributed by atoms with Crippen LogP contribution in [-0.2, 0) is 11.2 Å². The van der Waals surface area contributed by atoms with Crippen LogP contribution in [0.2, 0.25) is 1.41 Å². The zero-order chi connectivity index (χ0) is 13.1. The van der Waals surface area contributed by atoms with Crippen molar-refractivity contribution >= 4 is 11.9 Å². The lowest BCUT2D eigenvalue weighted by molar-refractivity contribution is -0.146. The van der Waals surface area contributed by atoms with Gasteiger partial charge in [0.25, 0.3) is 0 Å². The predicted octanol–water partition coefficient (Wildman–Crippen LogP) is 1.44. The first-order chi connectivity index (χ1) is 7.86. The van der Waals surface area contributed by atoms with E-state index >= 15 is 0 Å². The monoisotopic (exact) mass is 222 g/mol. The number of hydrogen-bond donors (Lipinski definition) is 2. The second-order valence-corrected chi connectivity index (χ2v) is 4.40. The summed E-state index contributed by atoms with van der Waals surface area (Å²) in [5, 5.41) is 9.02. The highest BCUT2D eigenvalue weighted by Gasteiger charge is 2.27. The normalized spacial score (nSPS) is 11.8. The van der Waals surface area contributed by atoms with Crippen LogP contribution in [0.25, 0.3) is 0 Å². The molecule has 0 saturated heterocycles. The van der Waals surface area contributed by atoms with Crippen molar-refractivity contribution in [3.63, 3.8) is 0 Å². The molecule has 0 aliphatic rings. The third-order valence-electron chi connectivity index (χ3n) is 2.41. The smallest absolute Gasteiger partial charge is 0.309 e. The fourth-order valence-corrected chi connectivity index (χ4v) is 1.41. The lowest BCUT2D eigenvalue weighted by atomic mass is 9.85. The van der Waals surface area contributed by atoms with Crippen molar-refractivity contribution in [1.82, 2.24) is 0 Å². The van der Waals surface area contributed by atoms with E-state index in [0.29, 0.717) is 12.0 Å². The Bertz CT molecular complexity index is 443. The maximum absolute atomic E-state index is 11.3.